The smallest absolute Gasteiger partial charge is 0.194 e. The predicted octanol–water partition coefficient (Wildman–Crippen LogP) is 0.940. The standard InChI is InChI=1S/C7H7BrN4O/c1-4(13)6-10-11-7-5(8)9-2-3-12(6)7/h2-4,13H,1H3/t4-/m1/s1. The van der Waals surface area contributed by atoms with Crippen LogP contribution in [0.4, 0.5) is 0 Å². The zero-order valence-corrected chi connectivity index (χ0v) is 8.43. The van der Waals surface area contributed by atoms with Crippen molar-refractivity contribution in [2.45, 2.75) is 13.0 Å². The number of hydrogen-bond acceptors (Lipinski definition) is 4. The second kappa shape index (κ2) is 3.04. The Bertz CT molecular complexity index is 439. The van der Waals surface area contributed by atoms with Crippen LogP contribution < -0.4 is 0 Å². The molecule has 6 heteroatoms. The Morgan fingerprint density at radius 2 is 2.31 bits per heavy atom. The normalized spacial score (nSPS) is 13.5. The van der Waals surface area contributed by atoms with Crippen LogP contribution in [-0.2, 0) is 0 Å². The van der Waals surface area contributed by atoms with Crippen LogP contribution in [0.3, 0.4) is 0 Å². The maximum Gasteiger partial charge on any atom is 0.194 e. The summed E-state index contributed by atoms with van der Waals surface area (Å²) in [5.74, 6) is 0.512. The van der Waals surface area contributed by atoms with E-state index in [1.807, 2.05) is 0 Å². The first-order valence-corrected chi connectivity index (χ1v) is 4.52. The molecule has 5 nitrogen and oxygen atoms in total. The molecular weight excluding hydrogens is 236 g/mol. The number of aliphatic hydroxyl groups is 1. The molecule has 0 unspecified atom stereocenters. The van der Waals surface area contributed by atoms with Crippen molar-refractivity contribution < 1.29 is 5.11 Å². The lowest BCUT2D eigenvalue weighted by Crippen LogP contribution is -1.99. The fraction of sp³-hybridized carbons (Fsp3) is 0.286. The van der Waals surface area contributed by atoms with Gasteiger partial charge in [0, 0.05) is 12.4 Å². The molecule has 0 aliphatic heterocycles. The molecule has 2 rings (SSSR count). The number of fused-ring (bicyclic) bond motifs is 1. The van der Waals surface area contributed by atoms with Gasteiger partial charge in [-0.15, -0.1) is 10.2 Å². The van der Waals surface area contributed by atoms with Crippen LogP contribution in [0.2, 0.25) is 0 Å². The molecule has 0 fully saturated rings. The maximum absolute atomic E-state index is 9.34. The molecular formula is C7H7BrN4O. The van der Waals surface area contributed by atoms with Gasteiger partial charge in [0.2, 0.25) is 0 Å². The van der Waals surface area contributed by atoms with E-state index in [0.29, 0.717) is 16.1 Å². The van der Waals surface area contributed by atoms with Crippen molar-refractivity contribution >= 4 is 21.6 Å². The van der Waals surface area contributed by atoms with Gasteiger partial charge in [0.15, 0.2) is 16.1 Å². The van der Waals surface area contributed by atoms with Gasteiger partial charge in [-0.25, -0.2) is 4.98 Å². The third-order valence-electron chi connectivity index (χ3n) is 1.68. The molecule has 0 aliphatic carbocycles. The fourth-order valence-electron chi connectivity index (χ4n) is 1.10. The molecule has 0 aromatic carbocycles. The predicted molar refractivity (Wildman–Crippen MR) is 49.1 cm³/mol. The van der Waals surface area contributed by atoms with Crippen molar-refractivity contribution in [2.24, 2.45) is 0 Å². The van der Waals surface area contributed by atoms with Gasteiger partial charge in [0.05, 0.1) is 0 Å². The van der Waals surface area contributed by atoms with E-state index in [1.165, 1.54) is 0 Å². The third kappa shape index (κ3) is 1.31. The summed E-state index contributed by atoms with van der Waals surface area (Å²) in [6.45, 7) is 1.64. The molecule has 0 amide bonds. The Morgan fingerprint density at radius 1 is 1.54 bits per heavy atom. The zero-order chi connectivity index (χ0) is 9.42. The van der Waals surface area contributed by atoms with Gasteiger partial charge in [-0.1, -0.05) is 0 Å². The van der Waals surface area contributed by atoms with Crippen LogP contribution in [0.25, 0.3) is 5.65 Å². The summed E-state index contributed by atoms with van der Waals surface area (Å²) in [7, 11) is 0. The molecule has 68 valence electrons. The van der Waals surface area contributed by atoms with Crippen molar-refractivity contribution in [1.29, 1.82) is 0 Å². The average molecular weight is 243 g/mol. The molecule has 0 spiro atoms. The van der Waals surface area contributed by atoms with E-state index < -0.39 is 6.10 Å². The van der Waals surface area contributed by atoms with Crippen molar-refractivity contribution in [1.82, 2.24) is 19.6 Å². The van der Waals surface area contributed by atoms with Gasteiger partial charge >= 0.3 is 0 Å². The van der Waals surface area contributed by atoms with Crippen molar-refractivity contribution in [3.8, 4) is 0 Å². The molecule has 2 aromatic rings. The molecule has 0 saturated carbocycles. The van der Waals surface area contributed by atoms with Crippen molar-refractivity contribution in [2.75, 3.05) is 0 Å². The Morgan fingerprint density at radius 3 is 3.00 bits per heavy atom. The zero-order valence-electron chi connectivity index (χ0n) is 6.85. The van der Waals surface area contributed by atoms with Crippen molar-refractivity contribution in [3.05, 3.63) is 22.8 Å². The van der Waals surface area contributed by atoms with Gasteiger partial charge in [-0.2, -0.15) is 0 Å². The van der Waals surface area contributed by atoms with Gasteiger partial charge in [0.1, 0.15) is 6.10 Å². The van der Waals surface area contributed by atoms with E-state index in [9.17, 15) is 5.11 Å². The lowest BCUT2D eigenvalue weighted by molar-refractivity contribution is 0.187. The lowest BCUT2D eigenvalue weighted by atomic mass is 10.4. The fourth-order valence-corrected chi connectivity index (χ4v) is 1.49. The highest BCUT2D eigenvalue weighted by atomic mass is 79.9. The summed E-state index contributed by atoms with van der Waals surface area (Å²) in [6.07, 6.45) is 2.69. The van der Waals surface area contributed by atoms with Gasteiger partial charge in [-0.3, -0.25) is 4.40 Å². The van der Waals surface area contributed by atoms with E-state index in [2.05, 4.69) is 31.1 Å². The second-order valence-corrected chi connectivity index (χ2v) is 3.40. The summed E-state index contributed by atoms with van der Waals surface area (Å²) < 4.78 is 2.32. The first kappa shape index (κ1) is 8.58. The van der Waals surface area contributed by atoms with Crippen LogP contribution in [0.15, 0.2) is 17.0 Å². The highest BCUT2D eigenvalue weighted by Crippen LogP contribution is 2.16. The van der Waals surface area contributed by atoms with Gasteiger partial charge in [0.25, 0.3) is 0 Å². The molecule has 2 heterocycles. The van der Waals surface area contributed by atoms with E-state index in [-0.39, 0.29) is 0 Å². The highest BCUT2D eigenvalue weighted by Gasteiger charge is 2.11. The molecule has 0 bridgehead atoms. The quantitative estimate of drug-likeness (QED) is 0.809. The monoisotopic (exact) mass is 242 g/mol. The first-order chi connectivity index (χ1) is 6.20. The van der Waals surface area contributed by atoms with E-state index >= 15 is 0 Å². The Kier molecular flexibility index (Phi) is 2.01. The number of aromatic nitrogens is 4. The number of aliphatic hydroxyl groups excluding tert-OH is 1. The first-order valence-electron chi connectivity index (χ1n) is 3.73. The van der Waals surface area contributed by atoms with Crippen LogP contribution in [0.5, 0.6) is 0 Å². The molecule has 13 heavy (non-hydrogen) atoms. The van der Waals surface area contributed by atoms with E-state index in [1.54, 1.807) is 23.7 Å². The summed E-state index contributed by atoms with van der Waals surface area (Å²) in [5.41, 5.74) is 0.610. The van der Waals surface area contributed by atoms with Gasteiger partial charge < -0.3 is 5.11 Å². The second-order valence-electron chi connectivity index (χ2n) is 2.65. The summed E-state index contributed by atoms with van der Waals surface area (Å²) in [5, 5.41) is 17.1. The number of nitrogens with zero attached hydrogens (tertiary/aromatic N) is 4. The molecule has 0 saturated heterocycles. The van der Waals surface area contributed by atoms with Crippen LogP contribution in [0.1, 0.15) is 18.9 Å². The summed E-state index contributed by atoms with van der Waals surface area (Å²) in [6, 6.07) is 0. The van der Waals surface area contributed by atoms with Crippen LogP contribution in [-0.4, -0.2) is 24.7 Å². The van der Waals surface area contributed by atoms with Crippen LogP contribution in [0, 0.1) is 0 Å². The van der Waals surface area contributed by atoms with Crippen LogP contribution >= 0.6 is 15.9 Å². The molecule has 2 aromatic heterocycles. The highest BCUT2D eigenvalue weighted by molar-refractivity contribution is 9.10. The topological polar surface area (TPSA) is 63.3 Å². The third-order valence-corrected chi connectivity index (χ3v) is 2.24. The number of hydrogen-bond donors (Lipinski definition) is 1. The minimum Gasteiger partial charge on any atom is -0.385 e. The Balaban J connectivity index is 2.75. The molecule has 0 radical (unpaired) electrons. The Hall–Kier alpha value is -1.01. The minimum atomic E-state index is -0.635. The molecule has 1 N–H and O–H groups in total. The minimum absolute atomic E-state index is 0.512. The SMILES string of the molecule is C[C@@H](O)c1nnc2c(Br)nccn12. The summed E-state index contributed by atoms with van der Waals surface area (Å²) in [4.78, 5) is 3.99. The van der Waals surface area contributed by atoms with Gasteiger partial charge in [-0.05, 0) is 22.9 Å². The lowest BCUT2D eigenvalue weighted by Gasteiger charge is -2.00. The Labute approximate surface area is 82.6 Å². The number of halogens is 1. The summed E-state index contributed by atoms with van der Waals surface area (Å²) >= 11 is 3.24. The molecule has 0 aliphatic rings. The average Bonchev–Trinajstić information content (AvgIpc) is 2.48. The maximum atomic E-state index is 9.34. The molecule has 1 atom stereocenters. The van der Waals surface area contributed by atoms with Crippen molar-refractivity contribution in [3.63, 3.8) is 0 Å². The number of rotatable bonds is 1. The largest absolute Gasteiger partial charge is 0.385 e. The van der Waals surface area contributed by atoms with E-state index in [4.69, 9.17) is 0 Å². The van der Waals surface area contributed by atoms with E-state index in [0.717, 1.165) is 0 Å².